The van der Waals surface area contributed by atoms with Crippen LogP contribution in [0.4, 0.5) is 5.69 Å². The van der Waals surface area contributed by atoms with Gasteiger partial charge in [-0.05, 0) is 74.7 Å². The van der Waals surface area contributed by atoms with Gasteiger partial charge in [-0.1, -0.05) is 29.8 Å². The lowest BCUT2D eigenvalue weighted by Crippen LogP contribution is -2.41. The molecule has 0 spiro atoms. The number of likely N-dealkylation sites (tertiary alicyclic amines) is 2. The van der Waals surface area contributed by atoms with Gasteiger partial charge in [0.25, 0.3) is 5.91 Å². The summed E-state index contributed by atoms with van der Waals surface area (Å²) in [5.74, 6) is -0.0111. The highest BCUT2D eigenvalue weighted by Gasteiger charge is 2.28. The number of piperidine rings is 1. The van der Waals surface area contributed by atoms with Crippen LogP contribution in [0.1, 0.15) is 41.6 Å². The Bertz CT molecular complexity index is 886. The topological polar surface area (TPSA) is 52.7 Å². The Balaban J connectivity index is 1.32. The van der Waals surface area contributed by atoms with E-state index in [2.05, 4.69) is 16.3 Å². The van der Waals surface area contributed by atoms with E-state index in [-0.39, 0.29) is 17.7 Å². The molecule has 4 rings (SSSR count). The van der Waals surface area contributed by atoms with Gasteiger partial charge in [0.2, 0.25) is 5.91 Å². The first-order chi connectivity index (χ1) is 14.6. The van der Waals surface area contributed by atoms with E-state index >= 15 is 0 Å². The summed E-state index contributed by atoms with van der Waals surface area (Å²) < 4.78 is 0. The largest absolute Gasteiger partial charge is 0.339 e. The zero-order chi connectivity index (χ0) is 20.9. The summed E-state index contributed by atoms with van der Waals surface area (Å²) in [6.45, 7) is 4.32. The van der Waals surface area contributed by atoms with Crippen molar-refractivity contribution in [1.29, 1.82) is 0 Å². The lowest BCUT2D eigenvalue weighted by molar-refractivity contribution is -0.121. The molecule has 2 aliphatic rings. The number of rotatable bonds is 5. The Morgan fingerprint density at radius 1 is 0.933 bits per heavy atom. The predicted molar refractivity (Wildman–Crippen MR) is 120 cm³/mol. The first-order valence-electron chi connectivity index (χ1n) is 10.8. The molecule has 158 valence electrons. The Labute approximate surface area is 183 Å². The highest BCUT2D eigenvalue weighted by molar-refractivity contribution is 6.30. The molecule has 0 saturated carbocycles. The van der Waals surface area contributed by atoms with E-state index in [4.69, 9.17) is 11.6 Å². The highest BCUT2D eigenvalue weighted by atomic mass is 35.5. The maximum atomic E-state index is 12.9. The molecule has 0 bridgehead atoms. The SMILES string of the molecule is O=C(Nc1ccccc1CN1CCCC1)C1CCN(C(=O)c2ccc(Cl)cc2)CC1. The van der Waals surface area contributed by atoms with E-state index in [1.54, 1.807) is 24.3 Å². The predicted octanol–water partition coefficient (Wildman–Crippen LogP) is 4.43. The molecule has 2 amide bonds. The van der Waals surface area contributed by atoms with Gasteiger partial charge >= 0.3 is 0 Å². The maximum absolute atomic E-state index is 12.9. The van der Waals surface area contributed by atoms with Crippen LogP contribution >= 0.6 is 11.6 Å². The van der Waals surface area contributed by atoms with Crippen molar-refractivity contribution < 1.29 is 9.59 Å². The standard InChI is InChI=1S/C24H28ClN3O2/c25-21-9-7-19(8-10-21)24(30)28-15-11-18(12-16-28)23(29)26-22-6-2-1-5-20(22)17-27-13-3-4-14-27/h1-2,5-10,18H,3-4,11-17H2,(H,26,29). The van der Waals surface area contributed by atoms with Gasteiger partial charge in [0.05, 0.1) is 0 Å². The van der Waals surface area contributed by atoms with Crippen LogP contribution < -0.4 is 5.32 Å². The summed E-state index contributed by atoms with van der Waals surface area (Å²) in [6.07, 6.45) is 3.86. The van der Waals surface area contributed by atoms with Crippen LogP contribution in [0.2, 0.25) is 5.02 Å². The van der Waals surface area contributed by atoms with Gasteiger partial charge in [-0.3, -0.25) is 14.5 Å². The van der Waals surface area contributed by atoms with Crippen molar-refractivity contribution in [3.8, 4) is 0 Å². The Hall–Kier alpha value is -2.37. The van der Waals surface area contributed by atoms with E-state index in [0.29, 0.717) is 36.5 Å². The molecule has 2 aromatic rings. The third-order valence-electron chi connectivity index (χ3n) is 6.11. The molecule has 2 fully saturated rings. The molecular weight excluding hydrogens is 398 g/mol. The first-order valence-corrected chi connectivity index (χ1v) is 11.1. The van der Waals surface area contributed by atoms with Crippen LogP contribution in [0.3, 0.4) is 0 Å². The van der Waals surface area contributed by atoms with Gasteiger partial charge in [-0.25, -0.2) is 0 Å². The van der Waals surface area contributed by atoms with Crippen LogP contribution in [-0.4, -0.2) is 47.8 Å². The molecule has 2 aromatic carbocycles. The summed E-state index contributed by atoms with van der Waals surface area (Å²) in [4.78, 5) is 29.8. The number of amides is 2. The van der Waals surface area contributed by atoms with Gasteiger partial charge in [0, 0.05) is 41.8 Å². The highest BCUT2D eigenvalue weighted by Crippen LogP contribution is 2.24. The fourth-order valence-electron chi connectivity index (χ4n) is 4.32. The molecule has 5 nitrogen and oxygen atoms in total. The molecule has 0 unspecified atom stereocenters. The minimum Gasteiger partial charge on any atom is -0.339 e. The minimum atomic E-state index is -0.0703. The third-order valence-corrected chi connectivity index (χ3v) is 6.36. The van der Waals surface area contributed by atoms with Crippen molar-refractivity contribution in [2.45, 2.75) is 32.2 Å². The van der Waals surface area contributed by atoms with E-state index < -0.39 is 0 Å². The number of nitrogens with one attached hydrogen (secondary N) is 1. The number of anilines is 1. The van der Waals surface area contributed by atoms with E-state index in [1.165, 1.54) is 18.4 Å². The van der Waals surface area contributed by atoms with Gasteiger partial charge in [-0.2, -0.15) is 0 Å². The normalized spacial score (nSPS) is 17.8. The molecule has 0 radical (unpaired) electrons. The number of halogens is 1. The Kier molecular flexibility index (Phi) is 6.70. The number of hydrogen-bond donors (Lipinski definition) is 1. The van der Waals surface area contributed by atoms with Crippen molar-refractivity contribution in [1.82, 2.24) is 9.80 Å². The van der Waals surface area contributed by atoms with Crippen LogP contribution in [0.25, 0.3) is 0 Å². The van der Waals surface area contributed by atoms with Crippen molar-refractivity contribution in [3.05, 3.63) is 64.7 Å². The molecule has 0 aliphatic carbocycles. The van der Waals surface area contributed by atoms with Gasteiger partial charge in [-0.15, -0.1) is 0 Å². The molecule has 0 aromatic heterocycles. The maximum Gasteiger partial charge on any atom is 0.253 e. The molecule has 1 N–H and O–H groups in total. The van der Waals surface area contributed by atoms with Gasteiger partial charge < -0.3 is 10.2 Å². The molecule has 2 heterocycles. The fourth-order valence-corrected chi connectivity index (χ4v) is 4.44. The second kappa shape index (κ2) is 9.63. The van der Waals surface area contributed by atoms with Crippen molar-refractivity contribution in [2.24, 2.45) is 5.92 Å². The summed E-state index contributed by atoms with van der Waals surface area (Å²) in [5, 5.41) is 3.77. The zero-order valence-electron chi connectivity index (χ0n) is 17.1. The average Bonchev–Trinajstić information content (AvgIpc) is 3.28. The van der Waals surface area contributed by atoms with Gasteiger partial charge in [0.15, 0.2) is 0 Å². The van der Waals surface area contributed by atoms with Crippen molar-refractivity contribution >= 4 is 29.1 Å². The monoisotopic (exact) mass is 425 g/mol. The van der Waals surface area contributed by atoms with E-state index in [1.807, 2.05) is 23.1 Å². The lowest BCUT2D eigenvalue weighted by atomic mass is 9.95. The zero-order valence-corrected chi connectivity index (χ0v) is 17.9. The van der Waals surface area contributed by atoms with Crippen molar-refractivity contribution in [2.75, 3.05) is 31.5 Å². The number of carbonyl (C=O) groups is 2. The molecule has 30 heavy (non-hydrogen) atoms. The quantitative estimate of drug-likeness (QED) is 0.771. The van der Waals surface area contributed by atoms with Crippen LogP contribution in [-0.2, 0) is 11.3 Å². The number of para-hydroxylation sites is 1. The summed E-state index contributed by atoms with van der Waals surface area (Å²) in [6, 6.07) is 15.0. The second-order valence-electron chi connectivity index (χ2n) is 8.20. The average molecular weight is 426 g/mol. The molecular formula is C24H28ClN3O2. The molecule has 2 aliphatic heterocycles. The van der Waals surface area contributed by atoms with Crippen molar-refractivity contribution in [3.63, 3.8) is 0 Å². The van der Waals surface area contributed by atoms with Gasteiger partial charge in [0.1, 0.15) is 0 Å². The summed E-state index contributed by atoms with van der Waals surface area (Å²) in [5.41, 5.74) is 2.72. The van der Waals surface area contributed by atoms with E-state index in [0.717, 1.165) is 25.3 Å². The van der Waals surface area contributed by atoms with Crippen LogP contribution in [0, 0.1) is 5.92 Å². The summed E-state index contributed by atoms with van der Waals surface area (Å²) >= 11 is 5.91. The Morgan fingerprint density at radius 3 is 2.30 bits per heavy atom. The third kappa shape index (κ3) is 5.02. The smallest absolute Gasteiger partial charge is 0.253 e. The number of hydrogen-bond acceptors (Lipinski definition) is 3. The Morgan fingerprint density at radius 2 is 1.60 bits per heavy atom. The number of nitrogens with zero attached hydrogens (tertiary/aromatic N) is 2. The van der Waals surface area contributed by atoms with Crippen LogP contribution in [0.15, 0.2) is 48.5 Å². The second-order valence-corrected chi connectivity index (χ2v) is 8.64. The lowest BCUT2D eigenvalue weighted by Gasteiger charge is -2.31. The minimum absolute atomic E-state index is 0.00137. The number of carbonyl (C=O) groups excluding carboxylic acids is 2. The fraction of sp³-hybridized carbons (Fsp3) is 0.417. The summed E-state index contributed by atoms with van der Waals surface area (Å²) in [7, 11) is 0. The number of benzene rings is 2. The molecule has 0 atom stereocenters. The molecule has 2 saturated heterocycles. The molecule has 6 heteroatoms. The van der Waals surface area contributed by atoms with E-state index in [9.17, 15) is 9.59 Å². The van der Waals surface area contributed by atoms with Crippen LogP contribution in [0.5, 0.6) is 0 Å². The first kappa shape index (κ1) is 20.9.